The molecule has 10 atom stereocenters. The Morgan fingerprint density at radius 3 is 2.15 bits per heavy atom. The summed E-state index contributed by atoms with van der Waals surface area (Å²) in [6.45, 7) is 11.4. The lowest BCUT2D eigenvalue weighted by molar-refractivity contribution is -0.148. The second-order valence-electron chi connectivity index (χ2n) is 15.3. The van der Waals surface area contributed by atoms with Crippen LogP contribution >= 0.6 is 0 Å². The number of hydrogen-bond acceptors (Lipinski definition) is 9. The third kappa shape index (κ3) is 12.6. The number of ether oxygens (including phenoxy) is 2. The van der Waals surface area contributed by atoms with E-state index in [1.54, 1.807) is 69.1 Å². The fourth-order valence-electron chi connectivity index (χ4n) is 7.79. The molecule has 1 unspecified atom stereocenters. The lowest BCUT2D eigenvalue weighted by Crippen LogP contribution is -2.60. The van der Waals surface area contributed by atoms with Gasteiger partial charge in [-0.25, -0.2) is 4.79 Å². The average Bonchev–Trinajstić information content (AvgIpc) is 3.62. The standard InChI is InChI=1S/C39H64N8O8/c1-12-24(4)34(46(9)38(51)32(26(6)43-44-40)42-37(50)33(23(2)3)45(7)8)30(54-10)22-31(48)47-20-16-19-29(47)35(55-11)25(5)36(49)41-28(39(52)53)21-27-17-14-13-15-18-27/h13-15,17-18,23-26,28-30,32-35H,12,16,19-22H2,1-11H3,(H,41,49)(H,42,50)(H,52,53)/t24-,25+,26?,28-,29-,30+,32-,33-,34-,35+/m0/s1. The van der Waals surface area contributed by atoms with Crippen molar-refractivity contribution >= 4 is 29.6 Å². The van der Waals surface area contributed by atoms with Gasteiger partial charge >= 0.3 is 5.97 Å². The van der Waals surface area contributed by atoms with Gasteiger partial charge in [0.05, 0.1) is 48.7 Å². The van der Waals surface area contributed by atoms with E-state index < -0.39 is 72.2 Å². The molecule has 0 radical (unpaired) electrons. The number of nitrogens with zero attached hydrogens (tertiary/aromatic N) is 6. The normalized spacial score (nSPS) is 19.2. The molecule has 0 aliphatic carbocycles. The molecule has 0 aromatic heterocycles. The fourth-order valence-corrected chi connectivity index (χ4v) is 7.79. The molecule has 3 N–H and O–H groups in total. The van der Waals surface area contributed by atoms with Crippen molar-refractivity contribution in [3.63, 3.8) is 0 Å². The van der Waals surface area contributed by atoms with Crippen molar-refractivity contribution in [1.29, 1.82) is 0 Å². The first-order chi connectivity index (χ1) is 25.9. The molecule has 0 saturated carbocycles. The molecule has 1 fully saturated rings. The first kappa shape index (κ1) is 46.9. The van der Waals surface area contributed by atoms with Crippen LogP contribution in [0.25, 0.3) is 10.4 Å². The van der Waals surface area contributed by atoms with Crippen LogP contribution in [0.4, 0.5) is 0 Å². The number of aliphatic carboxylic acids is 1. The summed E-state index contributed by atoms with van der Waals surface area (Å²) in [7, 11) is 8.12. The van der Waals surface area contributed by atoms with Crippen molar-refractivity contribution in [2.45, 2.75) is 122 Å². The highest BCUT2D eigenvalue weighted by molar-refractivity contribution is 5.91. The monoisotopic (exact) mass is 772 g/mol. The van der Waals surface area contributed by atoms with Crippen LogP contribution in [0.1, 0.15) is 72.8 Å². The van der Waals surface area contributed by atoms with Crippen molar-refractivity contribution in [1.82, 2.24) is 25.3 Å². The predicted octanol–water partition coefficient (Wildman–Crippen LogP) is 3.49. The van der Waals surface area contributed by atoms with Gasteiger partial charge in [0, 0.05) is 39.1 Å². The number of rotatable bonds is 22. The zero-order valence-corrected chi connectivity index (χ0v) is 34.5. The van der Waals surface area contributed by atoms with Gasteiger partial charge in [0.2, 0.25) is 23.6 Å². The topological polar surface area (TPSA) is 207 Å². The number of nitrogens with one attached hydrogen (secondary N) is 2. The van der Waals surface area contributed by atoms with Crippen molar-refractivity contribution in [2.24, 2.45) is 22.9 Å². The Bertz CT molecular complexity index is 1460. The number of carboxylic acid groups (broad SMARTS) is 1. The van der Waals surface area contributed by atoms with Gasteiger partial charge in [-0.2, -0.15) is 0 Å². The molecular weight excluding hydrogens is 708 g/mol. The molecular formula is C39H64N8O8. The Morgan fingerprint density at radius 1 is 1.00 bits per heavy atom. The van der Waals surface area contributed by atoms with Crippen molar-refractivity contribution < 1.29 is 38.6 Å². The van der Waals surface area contributed by atoms with E-state index in [-0.39, 0.29) is 36.5 Å². The lowest BCUT2D eigenvalue weighted by Gasteiger charge is -2.41. The van der Waals surface area contributed by atoms with Crippen LogP contribution in [0.3, 0.4) is 0 Å². The van der Waals surface area contributed by atoms with Gasteiger partial charge < -0.3 is 35.0 Å². The minimum atomic E-state index is -1.18. The number of azide groups is 1. The van der Waals surface area contributed by atoms with E-state index in [0.29, 0.717) is 25.8 Å². The Morgan fingerprint density at radius 2 is 1.64 bits per heavy atom. The summed E-state index contributed by atoms with van der Waals surface area (Å²) in [5.41, 5.74) is 10.0. The number of carbonyl (C=O) groups excluding carboxylic acids is 4. The maximum atomic E-state index is 14.3. The average molecular weight is 773 g/mol. The van der Waals surface area contributed by atoms with Crippen molar-refractivity contribution in [3.8, 4) is 0 Å². The lowest BCUT2D eigenvalue weighted by atomic mass is 9.89. The molecule has 0 spiro atoms. The van der Waals surface area contributed by atoms with Crippen LogP contribution in [0.2, 0.25) is 0 Å². The van der Waals surface area contributed by atoms with Gasteiger partial charge in [0.15, 0.2) is 0 Å². The molecule has 4 amide bonds. The Kier molecular flexibility index (Phi) is 19.1. The van der Waals surface area contributed by atoms with Crippen LogP contribution in [0, 0.1) is 17.8 Å². The van der Waals surface area contributed by atoms with Gasteiger partial charge in [0.1, 0.15) is 12.1 Å². The van der Waals surface area contributed by atoms with E-state index in [2.05, 4.69) is 20.7 Å². The third-order valence-electron chi connectivity index (χ3n) is 10.9. The summed E-state index contributed by atoms with van der Waals surface area (Å²) in [6.07, 6.45) is 0.419. The molecule has 1 aliphatic rings. The van der Waals surface area contributed by atoms with Gasteiger partial charge in [-0.1, -0.05) is 83.4 Å². The molecule has 1 aromatic rings. The minimum absolute atomic E-state index is 0.0687. The number of methoxy groups -OCH3 is 2. The van der Waals surface area contributed by atoms with E-state index in [1.165, 1.54) is 19.1 Å². The van der Waals surface area contributed by atoms with Crippen molar-refractivity contribution in [2.75, 3.05) is 41.9 Å². The molecule has 1 aliphatic heterocycles. The van der Waals surface area contributed by atoms with Crippen LogP contribution in [0.5, 0.6) is 0 Å². The van der Waals surface area contributed by atoms with Gasteiger partial charge in [-0.15, -0.1) is 0 Å². The van der Waals surface area contributed by atoms with Crippen molar-refractivity contribution in [3.05, 3.63) is 46.3 Å². The maximum Gasteiger partial charge on any atom is 0.326 e. The second kappa shape index (κ2) is 22.3. The molecule has 308 valence electrons. The van der Waals surface area contributed by atoms with Crippen LogP contribution in [0.15, 0.2) is 35.4 Å². The van der Waals surface area contributed by atoms with Gasteiger partial charge in [-0.3, -0.25) is 24.1 Å². The molecule has 55 heavy (non-hydrogen) atoms. The number of likely N-dealkylation sites (tertiary alicyclic amines) is 1. The highest BCUT2D eigenvalue weighted by atomic mass is 16.5. The van der Waals surface area contributed by atoms with E-state index >= 15 is 0 Å². The quantitative estimate of drug-likeness (QED) is 0.0895. The van der Waals surface area contributed by atoms with E-state index in [1.807, 2.05) is 33.8 Å². The number of carbonyl (C=O) groups is 5. The molecule has 16 heteroatoms. The summed E-state index contributed by atoms with van der Waals surface area (Å²) in [5, 5.41) is 19.1. The zero-order chi connectivity index (χ0) is 41.6. The summed E-state index contributed by atoms with van der Waals surface area (Å²) < 4.78 is 11.8. The zero-order valence-electron chi connectivity index (χ0n) is 34.5. The van der Waals surface area contributed by atoms with Gasteiger partial charge in [-0.05, 0) is 49.9 Å². The number of carboxylic acids is 1. The molecule has 0 bridgehead atoms. The second-order valence-corrected chi connectivity index (χ2v) is 15.3. The molecule has 1 aromatic carbocycles. The van der Waals surface area contributed by atoms with Crippen LogP contribution in [-0.4, -0.2) is 140 Å². The summed E-state index contributed by atoms with van der Waals surface area (Å²) in [4.78, 5) is 75.4. The SMILES string of the molecule is CC[C@H](C)[C@@H]([C@@H](CC(=O)N1CCC[C@H]1[C@H](OC)[C@@H](C)C(=O)N[C@@H](Cc1ccccc1)C(=O)O)OC)N(C)C(=O)[C@@H](NC(=O)[C@H](C(C)C)N(C)C)C(C)N=[N+]=[N-]. The smallest absolute Gasteiger partial charge is 0.326 e. The Hall–Kier alpha value is -4.24. The van der Waals surface area contributed by atoms with Crippen LogP contribution < -0.4 is 10.6 Å². The molecule has 2 rings (SSSR count). The van der Waals surface area contributed by atoms with Gasteiger partial charge in [0.25, 0.3) is 0 Å². The Labute approximate surface area is 326 Å². The molecule has 1 heterocycles. The Balaban J connectivity index is 2.33. The number of amides is 4. The van der Waals surface area contributed by atoms with E-state index in [4.69, 9.17) is 9.47 Å². The largest absolute Gasteiger partial charge is 0.480 e. The maximum absolute atomic E-state index is 14.3. The third-order valence-corrected chi connectivity index (χ3v) is 10.9. The highest BCUT2D eigenvalue weighted by Gasteiger charge is 2.43. The van der Waals surface area contributed by atoms with E-state index in [9.17, 15) is 34.6 Å². The minimum Gasteiger partial charge on any atom is -0.480 e. The number of likely N-dealkylation sites (N-methyl/N-ethyl adjacent to an activating group) is 2. The summed E-state index contributed by atoms with van der Waals surface area (Å²) >= 11 is 0. The van der Waals surface area contributed by atoms with E-state index in [0.717, 1.165) is 5.56 Å². The number of hydrogen-bond donors (Lipinski definition) is 3. The number of benzene rings is 1. The highest BCUT2D eigenvalue weighted by Crippen LogP contribution is 2.30. The summed E-state index contributed by atoms with van der Waals surface area (Å²) in [5.74, 6) is -3.77. The first-order valence-corrected chi connectivity index (χ1v) is 19.1. The summed E-state index contributed by atoms with van der Waals surface area (Å²) in [6, 6.07) is 4.17. The van der Waals surface area contributed by atoms with Crippen LogP contribution in [-0.2, 0) is 39.9 Å². The predicted molar refractivity (Wildman–Crippen MR) is 209 cm³/mol. The molecule has 1 saturated heterocycles. The molecule has 16 nitrogen and oxygen atoms in total. The fraction of sp³-hybridized carbons (Fsp3) is 0.718. The first-order valence-electron chi connectivity index (χ1n) is 19.1.